The van der Waals surface area contributed by atoms with Crippen molar-refractivity contribution in [3.8, 4) is 22.6 Å². The number of hydrogen-bond acceptors (Lipinski definition) is 4. The fourth-order valence-electron chi connectivity index (χ4n) is 8.94. The minimum atomic E-state index is -0.0964. The Balaban J connectivity index is 1.31. The van der Waals surface area contributed by atoms with Crippen LogP contribution in [0.4, 0.5) is 28.4 Å². The summed E-state index contributed by atoms with van der Waals surface area (Å²) >= 11 is 0. The van der Waals surface area contributed by atoms with Gasteiger partial charge in [0, 0.05) is 39.5 Å². The van der Waals surface area contributed by atoms with Gasteiger partial charge in [-0.1, -0.05) is 111 Å². The van der Waals surface area contributed by atoms with Gasteiger partial charge in [-0.2, -0.15) is 0 Å². The van der Waals surface area contributed by atoms with E-state index in [1.165, 1.54) is 61.4 Å². The molecule has 54 heavy (non-hydrogen) atoms. The Hall–Kier alpha value is -5.42. The van der Waals surface area contributed by atoms with Gasteiger partial charge in [-0.15, -0.1) is 0 Å². The maximum Gasteiger partial charge on any atom is 0.333 e. The molecular formula is C49H47BN2O2. The van der Waals surface area contributed by atoms with E-state index in [0.29, 0.717) is 0 Å². The van der Waals surface area contributed by atoms with E-state index in [2.05, 4.69) is 176 Å². The average Bonchev–Trinajstić information content (AvgIpc) is 3.47. The minimum absolute atomic E-state index is 0.0248. The van der Waals surface area contributed by atoms with Crippen molar-refractivity contribution < 1.29 is 9.15 Å². The Kier molecular flexibility index (Phi) is 6.66. The predicted molar refractivity (Wildman–Crippen MR) is 228 cm³/mol. The molecule has 0 spiro atoms. The summed E-state index contributed by atoms with van der Waals surface area (Å²) in [5.41, 5.74) is 17.7. The summed E-state index contributed by atoms with van der Waals surface area (Å²) in [6.07, 6.45) is 0. The first-order valence-corrected chi connectivity index (χ1v) is 19.4. The Bertz CT molecular complexity index is 2720. The monoisotopic (exact) mass is 706 g/mol. The number of rotatable bonds is 1. The second-order valence-electron chi connectivity index (χ2n) is 18.8. The van der Waals surface area contributed by atoms with E-state index in [4.69, 9.17) is 9.15 Å². The van der Waals surface area contributed by atoms with Crippen molar-refractivity contribution in [1.29, 1.82) is 0 Å². The highest BCUT2D eigenvalue weighted by molar-refractivity contribution is 6.93. The van der Waals surface area contributed by atoms with Gasteiger partial charge in [0.05, 0.1) is 11.4 Å². The lowest BCUT2D eigenvalue weighted by atomic mass is 9.43. The molecule has 1 aromatic heterocycles. The van der Waals surface area contributed by atoms with Crippen LogP contribution < -0.4 is 25.4 Å². The van der Waals surface area contributed by atoms with Crippen LogP contribution >= 0.6 is 0 Å². The summed E-state index contributed by atoms with van der Waals surface area (Å²) < 4.78 is 13.6. The molecule has 0 amide bonds. The topological polar surface area (TPSA) is 28.9 Å². The second-order valence-corrected chi connectivity index (χ2v) is 18.8. The van der Waals surface area contributed by atoms with Crippen molar-refractivity contribution in [2.24, 2.45) is 0 Å². The van der Waals surface area contributed by atoms with Gasteiger partial charge in [-0.05, 0) is 110 Å². The van der Waals surface area contributed by atoms with E-state index < -0.39 is 0 Å². The second kappa shape index (κ2) is 10.8. The molecule has 0 fully saturated rings. The molecule has 0 N–H and O–H groups in total. The molecule has 0 aliphatic carbocycles. The SMILES string of the molecule is Cc1cc2c3c(c1)N(c1ccc(C(C)(C)C)cc1)c1cc(C(C)(C)C)ccc1B3N1c3cc4oc5ccccc5c4cc3Oc3cc(C(C)(C)C)cc-2c31. The summed E-state index contributed by atoms with van der Waals surface area (Å²) in [5, 5.41) is 2.17. The highest BCUT2D eigenvalue weighted by atomic mass is 16.5. The Morgan fingerprint density at radius 3 is 1.96 bits per heavy atom. The number of benzene rings is 6. The molecule has 0 saturated heterocycles. The number of anilines is 5. The first kappa shape index (κ1) is 33.2. The van der Waals surface area contributed by atoms with Gasteiger partial charge in [-0.25, -0.2) is 0 Å². The van der Waals surface area contributed by atoms with Gasteiger partial charge in [0.2, 0.25) is 0 Å². The van der Waals surface area contributed by atoms with Crippen LogP contribution in [-0.2, 0) is 16.2 Å². The highest BCUT2D eigenvalue weighted by Gasteiger charge is 2.49. The number of furan rings is 1. The summed E-state index contributed by atoms with van der Waals surface area (Å²) in [5.74, 6) is 1.75. The molecule has 0 unspecified atom stereocenters. The van der Waals surface area contributed by atoms with Crippen molar-refractivity contribution in [2.45, 2.75) is 85.5 Å². The molecule has 0 saturated carbocycles. The fourth-order valence-corrected chi connectivity index (χ4v) is 8.94. The van der Waals surface area contributed by atoms with Crippen LogP contribution in [0.15, 0.2) is 108 Å². The molecule has 0 bridgehead atoms. The molecule has 4 nitrogen and oxygen atoms in total. The quantitative estimate of drug-likeness (QED) is 0.159. The van der Waals surface area contributed by atoms with Gasteiger partial charge >= 0.3 is 6.85 Å². The van der Waals surface area contributed by atoms with E-state index in [9.17, 15) is 0 Å². The molecule has 4 heterocycles. The van der Waals surface area contributed by atoms with Crippen molar-refractivity contribution in [3.63, 3.8) is 0 Å². The maximum absolute atomic E-state index is 7.06. The van der Waals surface area contributed by atoms with Gasteiger partial charge < -0.3 is 18.9 Å². The molecule has 5 heteroatoms. The smallest absolute Gasteiger partial charge is 0.333 e. The van der Waals surface area contributed by atoms with Crippen molar-refractivity contribution in [1.82, 2.24) is 0 Å². The van der Waals surface area contributed by atoms with Gasteiger partial charge in [-0.3, -0.25) is 0 Å². The summed E-state index contributed by atoms with van der Waals surface area (Å²) in [4.78, 5) is 5.10. The number of fused-ring (bicyclic) bond motifs is 9. The first-order valence-electron chi connectivity index (χ1n) is 19.4. The summed E-state index contributed by atoms with van der Waals surface area (Å²) in [6.45, 7) is 22.8. The summed E-state index contributed by atoms with van der Waals surface area (Å²) in [6, 6.07) is 38.7. The number of hydrogen-bond donors (Lipinski definition) is 0. The van der Waals surface area contributed by atoms with E-state index in [1.807, 2.05) is 6.07 Å². The van der Waals surface area contributed by atoms with E-state index in [1.54, 1.807) is 0 Å². The number of aryl methyl sites for hydroxylation is 1. The third-order valence-electron chi connectivity index (χ3n) is 11.9. The van der Waals surface area contributed by atoms with Crippen LogP contribution in [0.3, 0.4) is 0 Å². The van der Waals surface area contributed by atoms with Crippen LogP contribution in [0, 0.1) is 6.92 Å². The maximum atomic E-state index is 7.06. The molecular weight excluding hydrogens is 659 g/mol. The van der Waals surface area contributed by atoms with E-state index >= 15 is 0 Å². The van der Waals surface area contributed by atoms with E-state index in [0.717, 1.165) is 44.8 Å². The zero-order valence-electron chi connectivity index (χ0n) is 33.1. The Morgan fingerprint density at radius 1 is 0.537 bits per heavy atom. The van der Waals surface area contributed by atoms with Crippen molar-refractivity contribution in [2.75, 3.05) is 9.71 Å². The molecule has 6 aromatic carbocycles. The lowest BCUT2D eigenvalue weighted by Crippen LogP contribution is -2.62. The van der Waals surface area contributed by atoms with Crippen LogP contribution in [0.2, 0.25) is 0 Å². The van der Waals surface area contributed by atoms with Crippen LogP contribution in [0.1, 0.15) is 84.6 Å². The minimum Gasteiger partial charge on any atom is -0.456 e. The van der Waals surface area contributed by atoms with Crippen LogP contribution in [0.5, 0.6) is 11.5 Å². The van der Waals surface area contributed by atoms with Gasteiger partial charge in [0.1, 0.15) is 11.2 Å². The standard InChI is InChI=1S/C49H47BN2O2/c1-28-21-35-36-23-31(49(8,9)10)25-44-46(36)52(39-27-42-34(26-43(39)54-44)33-13-11-12-14-41(33)53-42)50-37-20-17-30(48(5,6)7)24-38(37)51(40(22-28)45(35)50)32-18-15-29(16-19-32)47(2,3)4/h11-27H,1-10H3. The van der Waals surface area contributed by atoms with Gasteiger partial charge in [0.15, 0.2) is 11.5 Å². The molecule has 7 aromatic rings. The van der Waals surface area contributed by atoms with E-state index in [-0.39, 0.29) is 23.1 Å². The number of para-hydroxylation sites is 1. The van der Waals surface area contributed by atoms with Crippen LogP contribution in [0.25, 0.3) is 33.1 Å². The summed E-state index contributed by atoms with van der Waals surface area (Å²) in [7, 11) is 0. The lowest BCUT2D eigenvalue weighted by molar-refractivity contribution is 0.475. The Morgan fingerprint density at radius 2 is 1.24 bits per heavy atom. The van der Waals surface area contributed by atoms with Crippen molar-refractivity contribution >= 4 is 68.1 Å². The molecule has 3 aliphatic rings. The van der Waals surface area contributed by atoms with Gasteiger partial charge in [0.25, 0.3) is 0 Å². The molecule has 268 valence electrons. The molecule has 0 radical (unpaired) electrons. The van der Waals surface area contributed by atoms with Crippen molar-refractivity contribution in [3.05, 3.63) is 125 Å². The molecule has 3 aliphatic heterocycles. The Labute approximate surface area is 319 Å². The number of ether oxygens (including phenoxy) is 1. The third-order valence-corrected chi connectivity index (χ3v) is 11.9. The fraction of sp³-hybridized carbons (Fsp3) is 0.265. The molecule has 0 atom stereocenters. The molecule has 10 rings (SSSR count). The largest absolute Gasteiger partial charge is 0.456 e. The average molecular weight is 707 g/mol. The zero-order valence-corrected chi connectivity index (χ0v) is 33.1. The number of nitrogens with zero attached hydrogens (tertiary/aromatic N) is 2. The lowest BCUT2D eigenvalue weighted by Gasteiger charge is -2.48. The highest BCUT2D eigenvalue weighted by Crippen LogP contribution is 2.57. The van der Waals surface area contributed by atoms with Crippen LogP contribution in [-0.4, -0.2) is 6.85 Å². The first-order chi connectivity index (χ1) is 25.6. The third kappa shape index (κ3) is 4.76. The predicted octanol–water partition coefficient (Wildman–Crippen LogP) is 12.6. The normalized spacial score (nSPS) is 14.5. The zero-order chi connectivity index (χ0) is 37.6.